The first-order chi connectivity index (χ1) is 25.5. The highest BCUT2D eigenvalue weighted by Gasteiger charge is 2.50. The molecule has 0 N–H and O–H groups in total. The number of aromatic nitrogens is 4. The summed E-state index contributed by atoms with van der Waals surface area (Å²) >= 11 is 0. The van der Waals surface area contributed by atoms with Crippen LogP contribution in [0, 0.1) is 0 Å². The van der Waals surface area contributed by atoms with E-state index in [1.807, 2.05) is 22.9 Å². The van der Waals surface area contributed by atoms with Crippen LogP contribution in [0.25, 0.3) is 21.8 Å². The van der Waals surface area contributed by atoms with Gasteiger partial charge in [-0.1, -0.05) is 106 Å². The van der Waals surface area contributed by atoms with E-state index < -0.39 is 18.3 Å². The topological polar surface area (TPSA) is 99.3 Å². The van der Waals surface area contributed by atoms with Crippen LogP contribution in [0.3, 0.4) is 0 Å². The van der Waals surface area contributed by atoms with Crippen molar-refractivity contribution in [1.29, 1.82) is 0 Å². The Morgan fingerprint density at radius 2 is 1.47 bits per heavy atom. The fraction of sp³-hybridized carbons (Fsp3) is 0.357. The summed E-state index contributed by atoms with van der Waals surface area (Å²) in [5, 5.41) is 4.69. The van der Waals surface area contributed by atoms with Crippen molar-refractivity contribution in [1.82, 2.24) is 23.4 Å². The number of rotatable bonds is 12. The van der Waals surface area contributed by atoms with Gasteiger partial charge < -0.3 is 4.43 Å². The number of piperidine rings is 1. The number of imidazole rings is 1. The molecule has 0 aliphatic carbocycles. The van der Waals surface area contributed by atoms with Crippen molar-refractivity contribution in [2.24, 2.45) is 0 Å². The van der Waals surface area contributed by atoms with Gasteiger partial charge in [-0.3, -0.25) is 19.1 Å². The van der Waals surface area contributed by atoms with Gasteiger partial charge in [0.1, 0.15) is 0 Å². The average Bonchev–Trinajstić information content (AvgIpc) is 3.43. The number of nitrogens with zero attached hydrogens (tertiary/aromatic N) is 5. The summed E-state index contributed by atoms with van der Waals surface area (Å²) in [4.78, 5) is 23.6. The molecule has 0 amide bonds. The predicted molar refractivity (Wildman–Crippen MR) is 216 cm³/mol. The molecule has 0 spiro atoms. The van der Waals surface area contributed by atoms with E-state index in [2.05, 4.69) is 105 Å². The second kappa shape index (κ2) is 15.1. The van der Waals surface area contributed by atoms with E-state index in [1.54, 1.807) is 17.0 Å². The Hall–Kier alpha value is -4.42. The van der Waals surface area contributed by atoms with Gasteiger partial charge in [-0.2, -0.15) is 0 Å². The van der Waals surface area contributed by atoms with Crippen LogP contribution in [0.5, 0.6) is 0 Å². The number of sulfonamides is 1. The van der Waals surface area contributed by atoms with Crippen molar-refractivity contribution < 1.29 is 12.8 Å². The number of benzene rings is 3. The SMILES string of the molecule is CC(C)(C)[Si](OCCCCc1c(Cn2c(=O)n(C3CCN(S(C)(=O)=O)CC3)c3ccncc32)ncc2ccccc12)(c1ccccc1)c1ccccc1. The first kappa shape index (κ1) is 36.9. The van der Waals surface area contributed by atoms with Crippen molar-refractivity contribution in [3.05, 3.63) is 131 Å². The summed E-state index contributed by atoms with van der Waals surface area (Å²) in [7, 11) is -5.91. The van der Waals surface area contributed by atoms with Crippen LogP contribution in [0.15, 0.2) is 114 Å². The van der Waals surface area contributed by atoms with Crippen LogP contribution in [-0.2, 0) is 27.4 Å². The standard InChI is InChI=1S/C42H49N5O4SSi/c1-42(2,3)53(34-16-7-5-8-17-34,35-18-9-6-10-19-35)51-28-14-13-21-37-36-20-12-11-15-32(36)29-44-38(37)31-46-40-30-43-25-22-39(40)47(41(46)48)33-23-26-45(27-24-33)52(4,49)50/h5-12,15-20,22,25,29-30,33H,13-14,21,23-24,26-28,31H2,1-4H3. The van der Waals surface area contributed by atoms with Crippen LogP contribution in [-0.4, -0.2) is 66.1 Å². The highest BCUT2D eigenvalue weighted by molar-refractivity contribution is 7.88. The lowest BCUT2D eigenvalue weighted by Gasteiger charge is -2.43. The zero-order valence-corrected chi connectivity index (χ0v) is 32.9. The molecule has 0 saturated carbocycles. The zero-order valence-electron chi connectivity index (χ0n) is 31.1. The molecule has 7 rings (SSSR count). The minimum atomic E-state index is -3.28. The molecule has 0 unspecified atom stereocenters. The molecule has 53 heavy (non-hydrogen) atoms. The third-order valence-electron chi connectivity index (χ3n) is 10.9. The molecule has 4 heterocycles. The Morgan fingerprint density at radius 3 is 2.11 bits per heavy atom. The van der Waals surface area contributed by atoms with Gasteiger partial charge >= 0.3 is 5.69 Å². The molecule has 0 radical (unpaired) electrons. The Morgan fingerprint density at radius 1 is 0.830 bits per heavy atom. The molecule has 1 aliphatic heterocycles. The van der Waals surface area contributed by atoms with E-state index >= 15 is 0 Å². The molecule has 3 aromatic carbocycles. The van der Waals surface area contributed by atoms with Crippen LogP contribution in [0.1, 0.15) is 63.8 Å². The summed E-state index contributed by atoms with van der Waals surface area (Å²) in [6.45, 7) is 8.65. The highest BCUT2D eigenvalue weighted by atomic mass is 32.2. The molecule has 1 fully saturated rings. The number of hydrogen-bond donors (Lipinski definition) is 0. The van der Waals surface area contributed by atoms with Gasteiger partial charge in [0.05, 0.1) is 35.7 Å². The van der Waals surface area contributed by atoms with E-state index in [0.29, 0.717) is 39.1 Å². The summed E-state index contributed by atoms with van der Waals surface area (Å²) in [5.74, 6) is 0. The predicted octanol–water partition coefficient (Wildman–Crippen LogP) is 6.29. The molecule has 1 saturated heterocycles. The van der Waals surface area contributed by atoms with E-state index in [4.69, 9.17) is 9.41 Å². The van der Waals surface area contributed by atoms with Crippen molar-refractivity contribution >= 4 is 50.5 Å². The van der Waals surface area contributed by atoms with Crippen molar-refractivity contribution in [3.63, 3.8) is 0 Å². The van der Waals surface area contributed by atoms with E-state index in [-0.39, 0.29) is 16.8 Å². The molecule has 3 aromatic heterocycles. The monoisotopic (exact) mass is 747 g/mol. The van der Waals surface area contributed by atoms with Gasteiger partial charge in [-0.05, 0) is 64.5 Å². The van der Waals surface area contributed by atoms with Gasteiger partial charge in [0.25, 0.3) is 8.32 Å². The maximum absolute atomic E-state index is 14.3. The van der Waals surface area contributed by atoms with E-state index in [9.17, 15) is 13.2 Å². The molecule has 1 aliphatic rings. The number of fused-ring (bicyclic) bond motifs is 2. The number of hydrogen-bond acceptors (Lipinski definition) is 6. The number of pyridine rings is 2. The van der Waals surface area contributed by atoms with Crippen LogP contribution in [0.4, 0.5) is 0 Å². The summed E-state index contributed by atoms with van der Waals surface area (Å²) in [6, 6.07) is 31.6. The number of unbranched alkanes of at least 4 members (excludes halogenated alkanes) is 1. The van der Waals surface area contributed by atoms with E-state index in [1.165, 1.54) is 20.9 Å². The maximum atomic E-state index is 14.3. The van der Waals surface area contributed by atoms with Crippen LogP contribution < -0.4 is 16.1 Å². The largest absolute Gasteiger partial charge is 0.407 e. The molecule has 6 aromatic rings. The lowest BCUT2D eigenvalue weighted by Crippen LogP contribution is -2.66. The van der Waals surface area contributed by atoms with Crippen LogP contribution in [0.2, 0.25) is 5.04 Å². The Balaban J connectivity index is 1.15. The normalized spacial score (nSPS) is 15.0. The number of aryl methyl sites for hydroxylation is 1. The zero-order chi connectivity index (χ0) is 37.2. The Bertz CT molecular complexity index is 2320. The molecular weight excluding hydrogens is 699 g/mol. The van der Waals surface area contributed by atoms with Gasteiger partial charge in [0.15, 0.2) is 0 Å². The fourth-order valence-corrected chi connectivity index (χ4v) is 13.8. The third kappa shape index (κ3) is 7.27. The van der Waals surface area contributed by atoms with Gasteiger partial charge in [0.2, 0.25) is 10.0 Å². The molecule has 276 valence electrons. The highest BCUT2D eigenvalue weighted by Crippen LogP contribution is 2.37. The molecule has 9 nitrogen and oxygen atoms in total. The van der Waals surface area contributed by atoms with Gasteiger partial charge in [-0.15, -0.1) is 0 Å². The Labute approximate surface area is 313 Å². The van der Waals surface area contributed by atoms with Gasteiger partial charge in [0, 0.05) is 43.5 Å². The van der Waals surface area contributed by atoms with Crippen molar-refractivity contribution in [3.8, 4) is 0 Å². The minimum absolute atomic E-state index is 0.0888. The lowest BCUT2D eigenvalue weighted by atomic mass is 9.99. The summed E-state index contributed by atoms with van der Waals surface area (Å²) in [6.07, 6.45) is 10.3. The Kier molecular flexibility index (Phi) is 10.5. The second-order valence-corrected chi connectivity index (χ2v) is 21.5. The molecule has 0 atom stereocenters. The average molecular weight is 748 g/mol. The lowest BCUT2D eigenvalue weighted by molar-refractivity contribution is 0.274. The van der Waals surface area contributed by atoms with Crippen molar-refractivity contribution in [2.45, 2.75) is 70.5 Å². The summed E-state index contributed by atoms with van der Waals surface area (Å²) < 4.78 is 36.7. The molecule has 0 bridgehead atoms. The fourth-order valence-electron chi connectivity index (χ4n) is 8.29. The first-order valence-corrected chi connectivity index (χ1v) is 22.3. The van der Waals surface area contributed by atoms with Crippen LogP contribution >= 0.6 is 0 Å². The smallest absolute Gasteiger partial charge is 0.329 e. The third-order valence-corrected chi connectivity index (χ3v) is 17.2. The molecular formula is C42H49N5O4SSi. The van der Waals surface area contributed by atoms with Gasteiger partial charge in [-0.25, -0.2) is 17.5 Å². The second-order valence-electron chi connectivity index (χ2n) is 15.2. The van der Waals surface area contributed by atoms with Crippen molar-refractivity contribution in [2.75, 3.05) is 26.0 Å². The molecule has 11 heteroatoms. The van der Waals surface area contributed by atoms with E-state index in [0.717, 1.165) is 52.3 Å². The summed E-state index contributed by atoms with van der Waals surface area (Å²) in [5.41, 5.74) is 3.46. The minimum Gasteiger partial charge on any atom is -0.407 e. The first-order valence-electron chi connectivity index (χ1n) is 18.6. The maximum Gasteiger partial charge on any atom is 0.329 e. The quantitative estimate of drug-likeness (QED) is 0.108.